The van der Waals surface area contributed by atoms with Crippen molar-refractivity contribution < 1.29 is 23.6 Å². The van der Waals surface area contributed by atoms with Crippen molar-refractivity contribution in [2.75, 3.05) is 0 Å². The number of nitro benzene ring substituents is 1. The number of rotatable bonds is 4. The maximum Gasteiger partial charge on any atom is 0.335 e. The van der Waals surface area contributed by atoms with Gasteiger partial charge in [-0.3, -0.25) is 10.1 Å². The highest BCUT2D eigenvalue weighted by Crippen LogP contribution is 2.37. The molecule has 0 bridgehead atoms. The maximum atomic E-state index is 13.7. The molecule has 2 aromatic rings. The largest absolute Gasteiger partial charge is 0.478 e. The predicted molar refractivity (Wildman–Crippen MR) is 68.3 cm³/mol. The molecule has 0 aliphatic carbocycles. The molecule has 1 aromatic carbocycles. The van der Waals surface area contributed by atoms with Crippen LogP contribution in [0.25, 0.3) is 0 Å². The summed E-state index contributed by atoms with van der Waals surface area (Å²) in [7, 11) is 0. The Morgan fingerprint density at radius 1 is 1.33 bits per heavy atom. The van der Waals surface area contributed by atoms with E-state index >= 15 is 0 Å². The highest BCUT2D eigenvalue weighted by molar-refractivity contribution is 7.99. The van der Waals surface area contributed by atoms with Gasteiger partial charge in [0.15, 0.2) is 11.6 Å². The van der Waals surface area contributed by atoms with Crippen molar-refractivity contribution in [3.63, 3.8) is 0 Å². The van der Waals surface area contributed by atoms with E-state index in [4.69, 9.17) is 5.11 Å². The molecule has 1 heterocycles. The van der Waals surface area contributed by atoms with Gasteiger partial charge in [0, 0.05) is 12.3 Å². The molecule has 0 saturated heterocycles. The number of pyridine rings is 1. The van der Waals surface area contributed by atoms with Crippen LogP contribution in [0.1, 0.15) is 10.4 Å². The van der Waals surface area contributed by atoms with Gasteiger partial charge < -0.3 is 5.11 Å². The number of hydrogen-bond donors (Lipinski definition) is 1. The van der Waals surface area contributed by atoms with E-state index in [0.29, 0.717) is 17.8 Å². The molecule has 21 heavy (non-hydrogen) atoms. The molecular weight excluding hydrogens is 306 g/mol. The van der Waals surface area contributed by atoms with Gasteiger partial charge in [-0.2, -0.15) is 0 Å². The van der Waals surface area contributed by atoms with Crippen LogP contribution in [0.2, 0.25) is 0 Å². The molecule has 0 saturated carbocycles. The third-order valence-corrected chi connectivity index (χ3v) is 3.44. The zero-order valence-electron chi connectivity index (χ0n) is 10.1. The van der Waals surface area contributed by atoms with Crippen molar-refractivity contribution in [1.29, 1.82) is 0 Å². The van der Waals surface area contributed by atoms with Crippen LogP contribution in [-0.2, 0) is 0 Å². The first-order valence-corrected chi connectivity index (χ1v) is 6.21. The zero-order chi connectivity index (χ0) is 15.6. The van der Waals surface area contributed by atoms with Gasteiger partial charge in [-0.05, 0) is 18.2 Å². The molecular formula is C12H6F2N2O4S. The molecule has 0 radical (unpaired) electrons. The van der Waals surface area contributed by atoms with E-state index in [-0.39, 0.29) is 10.6 Å². The fraction of sp³-hybridized carbons (Fsp3) is 0. The van der Waals surface area contributed by atoms with Crippen molar-refractivity contribution in [1.82, 2.24) is 4.98 Å². The molecule has 0 aliphatic heterocycles. The van der Waals surface area contributed by atoms with Crippen LogP contribution in [0.5, 0.6) is 0 Å². The minimum atomic E-state index is -1.38. The van der Waals surface area contributed by atoms with E-state index in [0.717, 1.165) is 18.3 Å². The van der Waals surface area contributed by atoms with Gasteiger partial charge in [0.2, 0.25) is 0 Å². The van der Waals surface area contributed by atoms with E-state index in [9.17, 15) is 23.7 Å². The third-order valence-electron chi connectivity index (χ3n) is 2.41. The Labute approximate surface area is 120 Å². The van der Waals surface area contributed by atoms with Gasteiger partial charge in [-0.1, -0.05) is 11.8 Å². The average molecular weight is 312 g/mol. The van der Waals surface area contributed by atoms with E-state index in [1.165, 1.54) is 6.07 Å². The van der Waals surface area contributed by atoms with Crippen LogP contribution in [0.4, 0.5) is 14.5 Å². The molecule has 0 aliphatic rings. The third kappa shape index (κ3) is 3.14. The van der Waals surface area contributed by atoms with Crippen LogP contribution in [0.3, 0.4) is 0 Å². The summed E-state index contributed by atoms with van der Waals surface area (Å²) in [6.45, 7) is 0. The van der Waals surface area contributed by atoms with E-state index in [1.54, 1.807) is 0 Å². The number of benzene rings is 1. The lowest BCUT2D eigenvalue weighted by molar-refractivity contribution is -0.388. The summed E-state index contributed by atoms with van der Waals surface area (Å²) in [6, 6.07) is 3.81. The number of nitro groups is 1. The predicted octanol–water partition coefficient (Wildman–Crippen LogP) is 3.12. The smallest absolute Gasteiger partial charge is 0.335 e. The Hall–Kier alpha value is -2.55. The maximum absolute atomic E-state index is 13.7. The number of nitrogens with zero attached hydrogens (tertiary/aromatic N) is 2. The topological polar surface area (TPSA) is 93.3 Å². The van der Waals surface area contributed by atoms with Gasteiger partial charge in [-0.25, -0.2) is 18.6 Å². The number of hydrogen-bond acceptors (Lipinski definition) is 5. The average Bonchev–Trinajstić information content (AvgIpc) is 2.44. The second-order valence-electron chi connectivity index (χ2n) is 3.76. The minimum absolute atomic E-state index is 0.00231. The molecule has 108 valence electrons. The Morgan fingerprint density at radius 3 is 2.67 bits per heavy atom. The number of carboxylic acids is 1. The standard InChI is InChI=1S/C12H6F2N2O4S/c13-7-1-2-8(16(19)20)11(10(7)14)21-9-5-6(12(17)18)3-4-15-9/h1-5H,(H,17,18). The fourth-order valence-electron chi connectivity index (χ4n) is 1.47. The summed E-state index contributed by atoms with van der Waals surface area (Å²) >= 11 is 0.484. The first-order valence-electron chi connectivity index (χ1n) is 5.39. The number of aromatic carboxylic acids is 1. The number of halogens is 2. The summed E-state index contributed by atoms with van der Waals surface area (Å²) in [6.07, 6.45) is 1.16. The van der Waals surface area contributed by atoms with Gasteiger partial charge in [0.05, 0.1) is 10.5 Å². The molecule has 0 atom stereocenters. The molecule has 0 amide bonds. The Kier molecular flexibility index (Phi) is 4.13. The molecule has 6 nitrogen and oxygen atoms in total. The quantitative estimate of drug-likeness (QED) is 0.688. The first kappa shape index (κ1) is 14.9. The Morgan fingerprint density at radius 2 is 2.05 bits per heavy atom. The van der Waals surface area contributed by atoms with Crippen LogP contribution in [-0.4, -0.2) is 21.0 Å². The van der Waals surface area contributed by atoms with Crippen LogP contribution in [0.15, 0.2) is 40.4 Å². The molecule has 1 N–H and O–H groups in total. The summed E-state index contributed by atoms with van der Waals surface area (Å²) in [5.41, 5.74) is -0.742. The second-order valence-corrected chi connectivity index (χ2v) is 4.79. The van der Waals surface area contributed by atoms with Gasteiger partial charge in [-0.15, -0.1) is 0 Å². The lowest BCUT2D eigenvalue weighted by Gasteiger charge is -2.05. The van der Waals surface area contributed by atoms with E-state index in [1.807, 2.05) is 0 Å². The molecule has 2 rings (SSSR count). The van der Waals surface area contributed by atoms with Crippen molar-refractivity contribution in [3.05, 3.63) is 57.8 Å². The van der Waals surface area contributed by atoms with E-state index in [2.05, 4.69) is 4.98 Å². The highest BCUT2D eigenvalue weighted by atomic mass is 32.2. The van der Waals surface area contributed by atoms with Crippen molar-refractivity contribution in [2.45, 2.75) is 9.92 Å². The fourth-order valence-corrected chi connectivity index (χ4v) is 2.41. The first-order chi connectivity index (χ1) is 9.90. The Bertz CT molecular complexity index is 739. The van der Waals surface area contributed by atoms with E-state index < -0.39 is 33.1 Å². The lowest BCUT2D eigenvalue weighted by Crippen LogP contribution is -1.99. The van der Waals surface area contributed by atoms with Crippen molar-refractivity contribution in [3.8, 4) is 0 Å². The number of carboxylic acid groups (broad SMARTS) is 1. The summed E-state index contributed by atoms with van der Waals surface area (Å²) in [5, 5.41) is 19.7. The molecule has 9 heteroatoms. The minimum Gasteiger partial charge on any atom is -0.478 e. The van der Waals surface area contributed by atoms with Crippen molar-refractivity contribution in [2.24, 2.45) is 0 Å². The summed E-state index contributed by atoms with van der Waals surface area (Å²) in [5.74, 6) is -3.84. The van der Waals surface area contributed by atoms with Crippen molar-refractivity contribution >= 4 is 23.4 Å². The summed E-state index contributed by atoms with van der Waals surface area (Å²) in [4.78, 5) is 24.0. The van der Waals surface area contributed by atoms with Crippen LogP contribution in [0, 0.1) is 21.7 Å². The van der Waals surface area contributed by atoms with Crippen LogP contribution < -0.4 is 0 Å². The van der Waals surface area contributed by atoms with Crippen LogP contribution >= 0.6 is 11.8 Å². The molecule has 0 unspecified atom stereocenters. The zero-order valence-corrected chi connectivity index (χ0v) is 10.9. The highest BCUT2D eigenvalue weighted by Gasteiger charge is 2.23. The van der Waals surface area contributed by atoms with Gasteiger partial charge >= 0.3 is 5.97 Å². The number of aromatic nitrogens is 1. The SMILES string of the molecule is O=C(O)c1ccnc(Sc2c([N+](=O)[O-])ccc(F)c2F)c1. The molecule has 0 fully saturated rings. The van der Waals surface area contributed by atoms with Gasteiger partial charge in [0.1, 0.15) is 9.92 Å². The normalized spacial score (nSPS) is 10.4. The second kappa shape index (κ2) is 5.83. The number of carbonyl (C=O) groups is 1. The monoisotopic (exact) mass is 312 g/mol. The lowest BCUT2D eigenvalue weighted by atomic mass is 10.3. The summed E-state index contributed by atoms with van der Waals surface area (Å²) < 4.78 is 26.9. The Balaban J connectivity index is 2.48. The molecule has 1 aromatic heterocycles. The molecule has 0 spiro atoms. The van der Waals surface area contributed by atoms with Gasteiger partial charge in [0.25, 0.3) is 5.69 Å².